The molecular weight excluding hydrogens is 252 g/mol. The zero-order valence-corrected chi connectivity index (χ0v) is 10.5. The average molecular weight is 265 g/mol. The number of hydrogen-bond acceptors (Lipinski definition) is 4. The summed E-state index contributed by atoms with van der Waals surface area (Å²) in [6.45, 7) is 1.60. The Balaban J connectivity index is 3.14. The minimum absolute atomic E-state index is 0.0488. The van der Waals surface area contributed by atoms with Crippen LogP contribution in [0.3, 0.4) is 0 Å². The van der Waals surface area contributed by atoms with Gasteiger partial charge in [-0.3, -0.25) is 0 Å². The number of methoxy groups -OCH3 is 1. The van der Waals surface area contributed by atoms with Gasteiger partial charge in [-0.05, 0) is 24.6 Å². The molecule has 1 atom stereocenters. The van der Waals surface area contributed by atoms with Crippen LogP contribution >= 0.6 is 10.7 Å². The van der Waals surface area contributed by atoms with E-state index in [0.29, 0.717) is 5.56 Å². The van der Waals surface area contributed by atoms with Gasteiger partial charge in [0.1, 0.15) is 11.4 Å². The van der Waals surface area contributed by atoms with Crippen LogP contribution in [0.25, 0.3) is 0 Å². The lowest BCUT2D eigenvalue weighted by Gasteiger charge is -2.27. The van der Waals surface area contributed by atoms with E-state index in [-0.39, 0.29) is 11.5 Å². The Bertz CT molecular complexity index is 471. The van der Waals surface area contributed by atoms with Gasteiger partial charge in [-0.25, -0.2) is 8.42 Å². The van der Waals surface area contributed by atoms with Gasteiger partial charge in [0.15, 0.2) is 0 Å². The van der Waals surface area contributed by atoms with Gasteiger partial charge in [0, 0.05) is 17.8 Å². The third-order valence-corrected chi connectivity index (χ3v) is 3.58. The molecule has 90 valence electrons. The Hall–Kier alpha value is -0.780. The van der Waals surface area contributed by atoms with E-state index < -0.39 is 14.7 Å². The van der Waals surface area contributed by atoms with Gasteiger partial charge in [0.25, 0.3) is 0 Å². The Morgan fingerprint density at radius 3 is 2.56 bits per heavy atom. The summed E-state index contributed by atoms with van der Waals surface area (Å²) in [5, 5.41) is 9.33. The first-order chi connectivity index (χ1) is 7.27. The highest BCUT2D eigenvalue weighted by molar-refractivity contribution is 8.13. The van der Waals surface area contributed by atoms with E-state index in [1.165, 1.54) is 19.2 Å². The molecule has 1 aromatic carbocycles. The van der Waals surface area contributed by atoms with E-state index in [0.717, 1.165) is 0 Å². The summed E-state index contributed by atoms with van der Waals surface area (Å²) in [5.41, 5.74) is -0.515. The van der Waals surface area contributed by atoms with Crippen molar-refractivity contribution < 1.29 is 18.3 Å². The zero-order chi connectivity index (χ0) is 12.4. The molecule has 0 aliphatic carbocycles. The summed E-state index contributed by atoms with van der Waals surface area (Å²) >= 11 is 0. The van der Waals surface area contributed by atoms with Gasteiger partial charge in [-0.2, -0.15) is 0 Å². The van der Waals surface area contributed by atoms with Crippen molar-refractivity contribution in [2.24, 2.45) is 0 Å². The number of phenols is 1. The first kappa shape index (κ1) is 13.3. The molecule has 6 heteroatoms. The van der Waals surface area contributed by atoms with Crippen LogP contribution in [0, 0.1) is 0 Å². The number of hydrogen-bond donors (Lipinski definition) is 1. The number of rotatable bonds is 4. The molecule has 4 nitrogen and oxygen atoms in total. The molecule has 0 fully saturated rings. The van der Waals surface area contributed by atoms with Crippen LogP contribution in [0.2, 0.25) is 0 Å². The highest BCUT2D eigenvalue weighted by Crippen LogP contribution is 2.29. The fraction of sp³-hybridized carbons (Fsp3) is 0.400. The third kappa shape index (κ3) is 3.37. The van der Waals surface area contributed by atoms with Gasteiger partial charge < -0.3 is 9.84 Å². The number of halogens is 1. The maximum atomic E-state index is 11.1. The average Bonchev–Trinajstić information content (AvgIpc) is 2.15. The SMILES string of the molecule is COC(C)(CS(=O)(=O)Cl)c1cccc(O)c1. The van der Waals surface area contributed by atoms with Gasteiger partial charge in [0.2, 0.25) is 9.05 Å². The number of phenolic OH excluding ortho intramolecular Hbond substituents is 1. The van der Waals surface area contributed by atoms with Crippen molar-refractivity contribution in [3.63, 3.8) is 0 Å². The Labute approximate surface area is 99.2 Å². The molecule has 0 spiro atoms. The number of aromatic hydroxyl groups is 1. The molecule has 1 N–H and O–H groups in total. The monoisotopic (exact) mass is 264 g/mol. The molecule has 0 bridgehead atoms. The minimum Gasteiger partial charge on any atom is -0.508 e. The highest BCUT2D eigenvalue weighted by atomic mass is 35.7. The van der Waals surface area contributed by atoms with E-state index >= 15 is 0 Å². The van der Waals surface area contributed by atoms with Crippen LogP contribution < -0.4 is 0 Å². The van der Waals surface area contributed by atoms with Crippen molar-refractivity contribution in [1.29, 1.82) is 0 Å². The standard InChI is InChI=1S/C10H13ClO4S/c1-10(15-2,7-16(11,13)14)8-4-3-5-9(12)6-8/h3-6,12H,7H2,1-2H3. The van der Waals surface area contributed by atoms with Gasteiger partial charge >= 0.3 is 0 Å². The van der Waals surface area contributed by atoms with Crippen LogP contribution in [0.4, 0.5) is 0 Å². The predicted octanol–water partition coefficient (Wildman–Crippen LogP) is 1.82. The van der Waals surface area contributed by atoms with Crippen LogP contribution in [0.5, 0.6) is 5.75 Å². The molecule has 0 aliphatic rings. The Morgan fingerprint density at radius 1 is 1.50 bits per heavy atom. The van der Waals surface area contributed by atoms with Crippen molar-refractivity contribution in [2.45, 2.75) is 12.5 Å². The van der Waals surface area contributed by atoms with Crippen molar-refractivity contribution in [1.82, 2.24) is 0 Å². The number of benzene rings is 1. The highest BCUT2D eigenvalue weighted by Gasteiger charge is 2.32. The van der Waals surface area contributed by atoms with Crippen molar-refractivity contribution in [2.75, 3.05) is 12.9 Å². The molecule has 1 rings (SSSR count). The minimum atomic E-state index is -3.69. The second-order valence-corrected chi connectivity index (χ2v) is 6.45. The molecule has 0 saturated carbocycles. The van der Waals surface area contributed by atoms with Crippen molar-refractivity contribution in [3.05, 3.63) is 29.8 Å². The van der Waals surface area contributed by atoms with E-state index in [1.54, 1.807) is 19.1 Å². The van der Waals surface area contributed by atoms with E-state index in [1.807, 2.05) is 0 Å². The molecule has 1 aromatic rings. The third-order valence-electron chi connectivity index (χ3n) is 2.36. The fourth-order valence-corrected chi connectivity index (χ4v) is 2.99. The molecule has 0 aliphatic heterocycles. The second kappa shape index (κ2) is 4.61. The smallest absolute Gasteiger partial charge is 0.235 e. The molecule has 0 amide bonds. The van der Waals surface area contributed by atoms with Crippen LogP contribution in [-0.4, -0.2) is 26.4 Å². The summed E-state index contributed by atoms with van der Waals surface area (Å²) < 4.78 is 27.4. The van der Waals surface area contributed by atoms with E-state index in [4.69, 9.17) is 15.4 Å². The van der Waals surface area contributed by atoms with Gasteiger partial charge in [0.05, 0.1) is 5.75 Å². The normalized spacial score (nSPS) is 15.7. The van der Waals surface area contributed by atoms with Gasteiger partial charge in [-0.15, -0.1) is 0 Å². The lowest BCUT2D eigenvalue weighted by atomic mass is 9.98. The molecule has 0 saturated heterocycles. The predicted molar refractivity (Wildman–Crippen MR) is 62.1 cm³/mol. The maximum absolute atomic E-state index is 11.1. The molecule has 0 heterocycles. The second-order valence-electron chi connectivity index (χ2n) is 3.67. The fourth-order valence-electron chi connectivity index (χ4n) is 1.42. The van der Waals surface area contributed by atoms with Crippen LogP contribution in [-0.2, 0) is 19.4 Å². The first-order valence-corrected chi connectivity index (χ1v) is 7.02. The molecular formula is C10H13ClO4S. The van der Waals surface area contributed by atoms with Crippen molar-refractivity contribution in [3.8, 4) is 5.75 Å². The molecule has 0 aromatic heterocycles. The first-order valence-electron chi connectivity index (χ1n) is 4.54. The van der Waals surface area contributed by atoms with Gasteiger partial charge in [-0.1, -0.05) is 12.1 Å². The summed E-state index contributed by atoms with van der Waals surface area (Å²) in [7, 11) is 2.92. The topological polar surface area (TPSA) is 63.6 Å². The maximum Gasteiger partial charge on any atom is 0.235 e. The lowest BCUT2D eigenvalue weighted by molar-refractivity contribution is 0.0224. The van der Waals surface area contributed by atoms with Crippen LogP contribution in [0.15, 0.2) is 24.3 Å². The summed E-state index contributed by atoms with van der Waals surface area (Å²) in [5.74, 6) is -0.311. The summed E-state index contributed by atoms with van der Waals surface area (Å²) in [4.78, 5) is 0. The lowest BCUT2D eigenvalue weighted by Crippen LogP contribution is -2.31. The molecule has 0 radical (unpaired) electrons. The van der Waals surface area contributed by atoms with Crippen molar-refractivity contribution >= 4 is 19.7 Å². The largest absolute Gasteiger partial charge is 0.508 e. The Kier molecular flexibility index (Phi) is 3.83. The Morgan fingerprint density at radius 2 is 2.12 bits per heavy atom. The van der Waals surface area contributed by atoms with E-state index in [2.05, 4.69) is 0 Å². The molecule has 16 heavy (non-hydrogen) atoms. The summed E-state index contributed by atoms with van der Waals surface area (Å²) in [6.07, 6.45) is 0. The van der Waals surface area contributed by atoms with E-state index in [9.17, 15) is 13.5 Å². The van der Waals surface area contributed by atoms with Crippen LogP contribution in [0.1, 0.15) is 12.5 Å². The summed E-state index contributed by atoms with van der Waals surface area (Å²) in [6, 6.07) is 6.23. The quantitative estimate of drug-likeness (QED) is 0.843. The zero-order valence-electron chi connectivity index (χ0n) is 8.97. The number of ether oxygens (including phenoxy) is 1. The molecule has 1 unspecified atom stereocenters.